The van der Waals surface area contributed by atoms with Gasteiger partial charge in [0.2, 0.25) is 5.91 Å². The minimum absolute atomic E-state index is 0.245. The highest BCUT2D eigenvalue weighted by molar-refractivity contribution is 5.76. The topological polar surface area (TPSA) is 38.8 Å². The Balaban J connectivity index is 1.35. The van der Waals surface area contributed by atoms with E-state index in [2.05, 4.69) is 30.3 Å². The molecule has 0 saturated carbocycles. The van der Waals surface area contributed by atoms with Gasteiger partial charge in [0.05, 0.1) is 13.7 Å². The van der Waals surface area contributed by atoms with Crippen LogP contribution in [0.25, 0.3) is 0 Å². The Bertz CT molecular complexity index is 676. The van der Waals surface area contributed by atoms with Gasteiger partial charge in [-0.15, -0.1) is 0 Å². The van der Waals surface area contributed by atoms with Crippen molar-refractivity contribution in [3.05, 3.63) is 60.2 Å². The van der Waals surface area contributed by atoms with Crippen LogP contribution in [-0.4, -0.2) is 37.6 Å². The fourth-order valence-electron chi connectivity index (χ4n) is 3.43. The molecule has 0 aromatic heterocycles. The lowest BCUT2D eigenvalue weighted by molar-refractivity contribution is -0.132. The number of amides is 1. The highest BCUT2D eigenvalue weighted by Gasteiger charge is 2.23. The number of piperidine rings is 1. The van der Waals surface area contributed by atoms with Crippen LogP contribution in [-0.2, 0) is 4.79 Å². The molecule has 0 atom stereocenters. The molecule has 1 fully saturated rings. The van der Waals surface area contributed by atoms with Gasteiger partial charge >= 0.3 is 0 Å². The highest BCUT2D eigenvalue weighted by Crippen LogP contribution is 2.28. The molecule has 4 nitrogen and oxygen atoms in total. The average Bonchev–Trinajstić information content (AvgIpc) is 2.72. The van der Waals surface area contributed by atoms with E-state index in [9.17, 15) is 4.79 Å². The van der Waals surface area contributed by atoms with E-state index >= 15 is 0 Å². The number of hydrogen-bond donors (Lipinski definition) is 0. The van der Waals surface area contributed by atoms with E-state index < -0.39 is 0 Å². The summed E-state index contributed by atoms with van der Waals surface area (Å²) >= 11 is 0. The van der Waals surface area contributed by atoms with Gasteiger partial charge in [-0.25, -0.2) is 0 Å². The van der Waals surface area contributed by atoms with Crippen molar-refractivity contribution in [3.63, 3.8) is 0 Å². The van der Waals surface area contributed by atoms with Gasteiger partial charge in [0.15, 0.2) is 0 Å². The second kappa shape index (κ2) is 9.27. The number of likely N-dealkylation sites (tertiary alicyclic amines) is 1. The second-order valence-corrected chi connectivity index (χ2v) is 6.69. The van der Waals surface area contributed by atoms with E-state index in [1.54, 1.807) is 7.11 Å². The number of rotatable bonds is 7. The van der Waals surface area contributed by atoms with Crippen molar-refractivity contribution in [2.24, 2.45) is 0 Å². The Morgan fingerprint density at radius 1 is 1.00 bits per heavy atom. The first-order valence-electron chi connectivity index (χ1n) is 9.36. The number of carbonyl (C=O) groups is 1. The predicted molar refractivity (Wildman–Crippen MR) is 103 cm³/mol. The monoisotopic (exact) mass is 353 g/mol. The molecule has 2 aromatic rings. The van der Waals surface area contributed by atoms with Gasteiger partial charge in [-0.2, -0.15) is 0 Å². The van der Waals surface area contributed by atoms with Crippen LogP contribution >= 0.6 is 0 Å². The molecule has 4 heteroatoms. The molecule has 2 aromatic carbocycles. The summed E-state index contributed by atoms with van der Waals surface area (Å²) in [5, 5.41) is 0. The smallest absolute Gasteiger partial charge is 0.222 e. The fraction of sp³-hybridized carbons (Fsp3) is 0.409. The minimum Gasteiger partial charge on any atom is -0.497 e. The van der Waals surface area contributed by atoms with Gasteiger partial charge in [0.25, 0.3) is 0 Å². The Morgan fingerprint density at radius 2 is 1.65 bits per heavy atom. The molecule has 0 aliphatic carbocycles. The first-order chi connectivity index (χ1) is 12.8. The van der Waals surface area contributed by atoms with Gasteiger partial charge in [-0.1, -0.05) is 30.3 Å². The maximum absolute atomic E-state index is 12.4. The van der Waals surface area contributed by atoms with Crippen molar-refractivity contribution in [2.75, 3.05) is 26.8 Å². The molecule has 1 aliphatic rings. The molecular weight excluding hydrogens is 326 g/mol. The third kappa shape index (κ3) is 5.01. The summed E-state index contributed by atoms with van der Waals surface area (Å²) in [5.41, 5.74) is 1.40. The molecule has 0 N–H and O–H groups in total. The zero-order chi connectivity index (χ0) is 18.2. The van der Waals surface area contributed by atoms with Crippen LogP contribution in [0.1, 0.15) is 37.2 Å². The maximum atomic E-state index is 12.4. The zero-order valence-electron chi connectivity index (χ0n) is 15.4. The largest absolute Gasteiger partial charge is 0.497 e. The SMILES string of the molecule is COc1ccc(OCCCC(=O)N2CCC(c3ccccc3)CC2)cc1. The fourth-order valence-corrected chi connectivity index (χ4v) is 3.43. The molecule has 0 unspecified atom stereocenters. The summed E-state index contributed by atoms with van der Waals surface area (Å²) in [7, 11) is 1.64. The Labute approximate surface area is 155 Å². The van der Waals surface area contributed by atoms with Gasteiger partial charge in [-0.05, 0) is 55.0 Å². The van der Waals surface area contributed by atoms with Crippen molar-refractivity contribution in [1.29, 1.82) is 0 Å². The molecular formula is C22H27NO3. The normalized spacial score (nSPS) is 14.9. The lowest BCUT2D eigenvalue weighted by Gasteiger charge is -2.32. The van der Waals surface area contributed by atoms with E-state index in [-0.39, 0.29) is 5.91 Å². The van der Waals surface area contributed by atoms with Crippen molar-refractivity contribution in [2.45, 2.75) is 31.6 Å². The zero-order valence-corrected chi connectivity index (χ0v) is 15.4. The van der Waals surface area contributed by atoms with Crippen molar-refractivity contribution >= 4 is 5.91 Å². The molecule has 0 bridgehead atoms. The van der Waals surface area contributed by atoms with Crippen LogP contribution < -0.4 is 9.47 Å². The third-order valence-corrected chi connectivity index (χ3v) is 4.98. The molecule has 1 saturated heterocycles. The molecule has 26 heavy (non-hydrogen) atoms. The average molecular weight is 353 g/mol. The van der Waals surface area contributed by atoms with E-state index in [4.69, 9.17) is 9.47 Å². The summed E-state index contributed by atoms with van der Waals surface area (Å²) in [6, 6.07) is 18.1. The first kappa shape index (κ1) is 18.3. The van der Waals surface area contributed by atoms with Crippen molar-refractivity contribution in [1.82, 2.24) is 4.90 Å². The lowest BCUT2D eigenvalue weighted by Crippen LogP contribution is -2.37. The third-order valence-electron chi connectivity index (χ3n) is 4.98. The number of methoxy groups -OCH3 is 1. The Morgan fingerprint density at radius 3 is 2.31 bits per heavy atom. The van der Waals surface area contributed by atoms with Crippen LogP contribution in [0, 0.1) is 0 Å². The van der Waals surface area contributed by atoms with Gasteiger partial charge in [0, 0.05) is 19.5 Å². The van der Waals surface area contributed by atoms with Gasteiger partial charge in [-0.3, -0.25) is 4.79 Å². The summed E-state index contributed by atoms with van der Waals surface area (Å²) in [6.07, 6.45) is 3.39. The maximum Gasteiger partial charge on any atom is 0.222 e. The molecule has 0 spiro atoms. The van der Waals surface area contributed by atoms with E-state index in [1.807, 2.05) is 29.2 Å². The van der Waals surface area contributed by atoms with Crippen molar-refractivity contribution in [3.8, 4) is 11.5 Å². The summed E-state index contributed by atoms with van der Waals surface area (Å²) in [5.74, 6) is 2.45. The molecule has 3 rings (SSSR count). The molecule has 138 valence electrons. The number of hydrogen-bond acceptors (Lipinski definition) is 3. The number of benzene rings is 2. The van der Waals surface area contributed by atoms with E-state index in [0.717, 1.165) is 43.9 Å². The van der Waals surface area contributed by atoms with E-state index in [1.165, 1.54) is 5.56 Å². The summed E-state index contributed by atoms with van der Waals surface area (Å²) in [6.45, 7) is 2.27. The van der Waals surface area contributed by atoms with Crippen molar-refractivity contribution < 1.29 is 14.3 Å². The highest BCUT2D eigenvalue weighted by atomic mass is 16.5. The number of carbonyl (C=O) groups excluding carboxylic acids is 1. The first-order valence-corrected chi connectivity index (χ1v) is 9.36. The Kier molecular flexibility index (Phi) is 6.53. The molecule has 0 radical (unpaired) electrons. The molecule has 1 amide bonds. The number of nitrogens with zero attached hydrogens (tertiary/aromatic N) is 1. The Hall–Kier alpha value is -2.49. The summed E-state index contributed by atoms with van der Waals surface area (Å²) in [4.78, 5) is 14.4. The molecule has 1 aliphatic heterocycles. The standard InChI is InChI=1S/C22H27NO3/c1-25-20-9-11-21(12-10-20)26-17-5-8-22(24)23-15-13-19(14-16-23)18-6-3-2-4-7-18/h2-4,6-7,9-12,19H,5,8,13-17H2,1H3. The van der Waals surface area contributed by atoms with Gasteiger partial charge in [0.1, 0.15) is 11.5 Å². The predicted octanol–water partition coefficient (Wildman–Crippen LogP) is 4.26. The van der Waals surface area contributed by atoms with E-state index in [0.29, 0.717) is 18.9 Å². The number of ether oxygens (including phenoxy) is 2. The molecule has 1 heterocycles. The quantitative estimate of drug-likeness (QED) is 0.698. The van der Waals surface area contributed by atoms with Gasteiger partial charge < -0.3 is 14.4 Å². The lowest BCUT2D eigenvalue weighted by atomic mass is 9.89. The van der Waals surface area contributed by atoms with Crippen LogP contribution in [0.3, 0.4) is 0 Å². The second-order valence-electron chi connectivity index (χ2n) is 6.69. The van der Waals surface area contributed by atoms with Crippen LogP contribution in [0.15, 0.2) is 54.6 Å². The summed E-state index contributed by atoms with van der Waals surface area (Å²) < 4.78 is 10.8. The minimum atomic E-state index is 0.245. The van der Waals surface area contributed by atoms with Crippen LogP contribution in [0.2, 0.25) is 0 Å². The van der Waals surface area contributed by atoms with Crippen LogP contribution in [0.4, 0.5) is 0 Å². The van der Waals surface area contributed by atoms with Crippen LogP contribution in [0.5, 0.6) is 11.5 Å².